The topological polar surface area (TPSA) is 66.9 Å². The van der Waals surface area contributed by atoms with E-state index < -0.39 is 0 Å². The van der Waals surface area contributed by atoms with Gasteiger partial charge in [-0.15, -0.1) is 0 Å². The first kappa shape index (κ1) is 15.9. The molecule has 0 radical (unpaired) electrons. The molecule has 1 aromatic heterocycles. The van der Waals surface area contributed by atoms with Crippen molar-refractivity contribution in [2.24, 2.45) is 0 Å². The van der Waals surface area contributed by atoms with E-state index in [1.807, 2.05) is 20.8 Å². The molecule has 0 atom stereocenters. The van der Waals surface area contributed by atoms with Gasteiger partial charge in [-0.1, -0.05) is 6.07 Å². The van der Waals surface area contributed by atoms with Crippen LogP contribution in [0.2, 0.25) is 0 Å². The number of aryl methyl sites for hydroxylation is 1. The molecular formula is C16H19FN4O. The monoisotopic (exact) mass is 302 g/mol. The minimum absolute atomic E-state index is 0.265. The second kappa shape index (κ2) is 6.09. The molecule has 0 bridgehead atoms. The number of halogens is 1. The molecule has 5 nitrogen and oxygen atoms in total. The minimum Gasteiger partial charge on any atom is -0.346 e. The van der Waals surface area contributed by atoms with Crippen LogP contribution in [0.25, 0.3) is 0 Å². The summed E-state index contributed by atoms with van der Waals surface area (Å²) in [6.07, 6.45) is 0. The van der Waals surface area contributed by atoms with Crippen LogP contribution in [0.4, 0.5) is 15.9 Å². The zero-order valence-electron chi connectivity index (χ0n) is 13.1. The van der Waals surface area contributed by atoms with Gasteiger partial charge in [0.1, 0.15) is 23.2 Å². The van der Waals surface area contributed by atoms with E-state index in [-0.39, 0.29) is 23.0 Å². The predicted octanol–water partition coefficient (Wildman–Crippen LogP) is 3.20. The number of benzene rings is 1. The molecule has 0 aliphatic heterocycles. The molecule has 0 saturated carbocycles. The molecule has 0 fully saturated rings. The van der Waals surface area contributed by atoms with E-state index in [1.54, 1.807) is 25.1 Å². The van der Waals surface area contributed by atoms with E-state index in [2.05, 4.69) is 20.6 Å². The molecule has 6 heteroatoms. The van der Waals surface area contributed by atoms with Gasteiger partial charge < -0.3 is 10.6 Å². The molecule has 2 N–H and O–H groups in total. The lowest BCUT2D eigenvalue weighted by atomic mass is 10.1. The van der Waals surface area contributed by atoms with Crippen LogP contribution in [-0.2, 0) is 0 Å². The maximum atomic E-state index is 13.2. The van der Waals surface area contributed by atoms with Crippen LogP contribution in [0.1, 0.15) is 37.1 Å². The van der Waals surface area contributed by atoms with Crippen LogP contribution in [0.3, 0.4) is 0 Å². The number of rotatable bonds is 3. The van der Waals surface area contributed by atoms with Crippen molar-refractivity contribution in [1.29, 1.82) is 0 Å². The fourth-order valence-electron chi connectivity index (χ4n) is 1.87. The SMILES string of the molecule is Cc1nc(Nc2cccc(F)c2)cc(C(=O)NC(C)(C)C)n1. The minimum atomic E-state index is -0.355. The highest BCUT2D eigenvalue weighted by molar-refractivity contribution is 5.93. The third kappa shape index (κ3) is 4.51. The second-order valence-corrected chi connectivity index (χ2v) is 6.03. The summed E-state index contributed by atoms with van der Waals surface area (Å²) >= 11 is 0. The molecule has 0 aliphatic rings. The Morgan fingerprint density at radius 3 is 2.55 bits per heavy atom. The van der Waals surface area contributed by atoms with Gasteiger partial charge in [0.25, 0.3) is 5.91 Å². The normalized spacial score (nSPS) is 11.1. The highest BCUT2D eigenvalue weighted by atomic mass is 19.1. The number of hydrogen-bond donors (Lipinski definition) is 2. The van der Waals surface area contributed by atoms with Crippen molar-refractivity contribution in [3.05, 3.63) is 47.7 Å². The molecule has 0 saturated heterocycles. The highest BCUT2D eigenvalue weighted by Gasteiger charge is 2.17. The summed E-state index contributed by atoms with van der Waals surface area (Å²) in [6.45, 7) is 7.38. The number of carbonyl (C=O) groups is 1. The molecule has 0 unspecified atom stereocenters. The van der Waals surface area contributed by atoms with Gasteiger partial charge in [-0.25, -0.2) is 14.4 Å². The largest absolute Gasteiger partial charge is 0.346 e. The zero-order chi connectivity index (χ0) is 16.3. The lowest BCUT2D eigenvalue weighted by Gasteiger charge is -2.20. The van der Waals surface area contributed by atoms with Crippen LogP contribution >= 0.6 is 0 Å². The molecule has 0 spiro atoms. The molecule has 1 heterocycles. The number of carbonyl (C=O) groups excluding carboxylic acids is 1. The fourth-order valence-corrected chi connectivity index (χ4v) is 1.87. The van der Waals surface area contributed by atoms with Gasteiger partial charge in [0, 0.05) is 17.3 Å². The Kier molecular flexibility index (Phi) is 4.40. The van der Waals surface area contributed by atoms with Crippen molar-refractivity contribution in [2.45, 2.75) is 33.2 Å². The molecule has 116 valence electrons. The van der Waals surface area contributed by atoms with E-state index in [4.69, 9.17) is 0 Å². The summed E-state index contributed by atoms with van der Waals surface area (Å²) in [6, 6.07) is 7.57. The Hall–Kier alpha value is -2.50. The number of anilines is 2. The zero-order valence-corrected chi connectivity index (χ0v) is 13.1. The molecule has 1 aromatic carbocycles. The molecule has 2 rings (SSSR count). The Morgan fingerprint density at radius 1 is 1.18 bits per heavy atom. The summed E-state index contributed by atoms with van der Waals surface area (Å²) in [5.41, 5.74) is 0.466. The summed E-state index contributed by atoms with van der Waals surface area (Å²) in [5, 5.41) is 5.82. The van der Waals surface area contributed by atoms with Crippen LogP contribution in [0.15, 0.2) is 30.3 Å². The number of nitrogens with zero attached hydrogens (tertiary/aromatic N) is 2. The van der Waals surface area contributed by atoms with Gasteiger partial charge in [0.05, 0.1) is 0 Å². The average Bonchev–Trinajstić information content (AvgIpc) is 2.36. The van der Waals surface area contributed by atoms with Crippen molar-refractivity contribution in [1.82, 2.24) is 15.3 Å². The predicted molar refractivity (Wildman–Crippen MR) is 83.7 cm³/mol. The van der Waals surface area contributed by atoms with Crippen molar-refractivity contribution >= 4 is 17.4 Å². The number of nitrogens with one attached hydrogen (secondary N) is 2. The first-order valence-electron chi connectivity index (χ1n) is 6.94. The van der Waals surface area contributed by atoms with Crippen LogP contribution in [0.5, 0.6) is 0 Å². The molecule has 22 heavy (non-hydrogen) atoms. The molecule has 0 aliphatic carbocycles. The molecule has 2 aromatic rings. The Bertz CT molecular complexity index is 695. The van der Waals surface area contributed by atoms with Crippen molar-refractivity contribution in [2.75, 3.05) is 5.32 Å². The first-order valence-corrected chi connectivity index (χ1v) is 6.94. The van der Waals surface area contributed by atoms with E-state index in [9.17, 15) is 9.18 Å². The lowest BCUT2D eigenvalue weighted by Crippen LogP contribution is -2.41. The molecular weight excluding hydrogens is 283 g/mol. The quantitative estimate of drug-likeness (QED) is 0.913. The van der Waals surface area contributed by atoms with Gasteiger partial charge in [0.15, 0.2) is 0 Å². The standard InChI is InChI=1S/C16H19FN4O/c1-10-18-13(15(22)21-16(2,3)4)9-14(19-10)20-12-7-5-6-11(17)8-12/h5-9H,1-4H3,(H,21,22)(H,18,19,20). The van der Waals surface area contributed by atoms with E-state index >= 15 is 0 Å². The summed E-state index contributed by atoms with van der Waals surface area (Å²) in [4.78, 5) is 20.5. The van der Waals surface area contributed by atoms with Crippen LogP contribution < -0.4 is 10.6 Å². The lowest BCUT2D eigenvalue weighted by molar-refractivity contribution is 0.0914. The summed E-state index contributed by atoms with van der Waals surface area (Å²) < 4.78 is 13.2. The third-order valence-corrected chi connectivity index (χ3v) is 2.66. The van der Waals surface area contributed by atoms with Gasteiger partial charge in [-0.05, 0) is 45.9 Å². The van der Waals surface area contributed by atoms with Gasteiger partial charge in [0.2, 0.25) is 0 Å². The van der Waals surface area contributed by atoms with E-state index in [0.29, 0.717) is 17.3 Å². The average molecular weight is 302 g/mol. The Balaban J connectivity index is 2.25. The van der Waals surface area contributed by atoms with E-state index in [0.717, 1.165) is 0 Å². The highest BCUT2D eigenvalue weighted by Crippen LogP contribution is 2.16. The number of aromatic nitrogens is 2. The second-order valence-electron chi connectivity index (χ2n) is 6.03. The fraction of sp³-hybridized carbons (Fsp3) is 0.312. The van der Waals surface area contributed by atoms with Gasteiger partial charge >= 0.3 is 0 Å². The van der Waals surface area contributed by atoms with Crippen LogP contribution in [-0.4, -0.2) is 21.4 Å². The first-order chi connectivity index (χ1) is 10.2. The van der Waals surface area contributed by atoms with Crippen LogP contribution in [0, 0.1) is 12.7 Å². The number of amides is 1. The maximum absolute atomic E-state index is 13.2. The molecule has 1 amide bonds. The smallest absolute Gasteiger partial charge is 0.270 e. The summed E-state index contributed by atoms with van der Waals surface area (Å²) in [5.74, 6) is 0.277. The van der Waals surface area contributed by atoms with Gasteiger partial charge in [-0.2, -0.15) is 0 Å². The maximum Gasteiger partial charge on any atom is 0.270 e. The third-order valence-electron chi connectivity index (χ3n) is 2.66. The summed E-state index contributed by atoms with van der Waals surface area (Å²) in [7, 11) is 0. The van der Waals surface area contributed by atoms with Crippen molar-refractivity contribution in [3.8, 4) is 0 Å². The van der Waals surface area contributed by atoms with Crippen molar-refractivity contribution < 1.29 is 9.18 Å². The van der Waals surface area contributed by atoms with Gasteiger partial charge in [-0.3, -0.25) is 4.79 Å². The Morgan fingerprint density at radius 2 is 1.91 bits per heavy atom. The van der Waals surface area contributed by atoms with Crippen molar-refractivity contribution in [3.63, 3.8) is 0 Å². The number of hydrogen-bond acceptors (Lipinski definition) is 4. The van der Waals surface area contributed by atoms with E-state index in [1.165, 1.54) is 12.1 Å². The Labute approximate surface area is 129 Å².